The zero-order valence-electron chi connectivity index (χ0n) is 11.2. The van der Waals surface area contributed by atoms with E-state index in [1.807, 2.05) is 30.3 Å². The summed E-state index contributed by atoms with van der Waals surface area (Å²) in [5.41, 5.74) is 0.919. The van der Waals surface area contributed by atoms with Crippen molar-refractivity contribution in [3.05, 3.63) is 60.2 Å². The number of methoxy groups -OCH3 is 1. The molecule has 2 aromatic carbocycles. The van der Waals surface area contributed by atoms with Crippen LogP contribution in [0.1, 0.15) is 5.56 Å². The predicted octanol–water partition coefficient (Wildman–Crippen LogP) is 2.77. The van der Waals surface area contributed by atoms with E-state index < -0.39 is 12.1 Å². The zero-order chi connectivity index (χ0) is 14.4. The Kier molecular flexibility index (Phi) is 4.60. The molecule has 0 saturated carbocycles. The molecule has 0 bridgehead atoms. The van der Waals surface area contributed by atoms with Gasteiger partial charge in [0.2, 0.25) is 0 Å². The van der Waals surface area contributed by atoms with Crippen LogP contribution in [0.4, 0.5) is 0 Å². The lowest BCUT2D eigenvalue weighted by Gasteiger charge is -2.15. The first-order valence-electron chi connectivity index (χ1n) is 6.26. The lowest BCUT2D eigenvalue weighted by molar-refractivity contribution is -0.145. The highest BCUT2D eigenvalue weighted by Gasteiger charge is 2.20. The summed E-state index contributed by atoms with van der Waals surface area (Å²) >= 11 is 0. The molecule has 0 heterocycles. The molecule has 0 saturated heterocycles. The van der Waals surface area contributed by atoms with E-state index in [1.54, 1.807) is 31.4 Å². The van der Waals surface area contributed by atoms with Gasteiger partial charge in [0, 0.05) is 12.5 Å². The minimum atomic E-state index is -0.989. The number of carbonyl (C=O) groups is 1. The Morgan fingerprint density at radius 3 is 2.45 bits per heavy atom. The molecule has 0 aliphatic heterocycles. The van der Waals surface area contributed by atoms with Crippen LogP contribution in [0, 0.1) is 0 Å². The van der Waals surface area contributed by atoms with Gasteiger partial charge in [-0.3, -0.25) is 0 Å². The molecule has 1 N–H and O–H groups in total. The van der Waals surface area contributed by atoms with Crippen LogP contribution < -0.4 is 9.47 Å². The van der Waals surface area contributed by atoms with Gasteiger partial charge in [0.1, 0.15) is 11.5 Å². The maximum atomic E-state index is 11.3. The van der Waals surface area contributed by atoms with Crippen LogP contribution in [-0.4, -0.2) is 24.3 Å². The van der Waals surface area contributed by atoms with Crippen LogP contribution in [-0.2, 0) is 11.2 Å². The first-order chi connectivity index (χ1) is 9.69. The second-order valence-electron chi connectivity index (χ2n) is 4.31. The second kappa shape index (κ2) is 6.61. The van der Waals surface area contributed by atoms with Crippen molar-refractivity contribution >= 4 is 5.97 Å². The molecule has 4 heteroatoms. The quantitative estimate of drug-likeness (QED) is 0.878. The van der Waals surface area contributed by atoms with Crippen molar-refractivity contribution in [2.75, 3.05) is 7.11 Å². The molecule has 4 nitrogen and oxygen atoms in total. The normalized spacial score (nSPS) is 11.7. The number of hydrogen-bond donors (Lipinski definition) is 1. The van der Waals surface area contributed by atoms with E-state index in [4.69, 9.17) is 9.47 Å². The maximum absolute atomic E-state index is 11.3. The van der Waals surface area contributed by atoms with Crippen molar-refractivity contribution in [2.45, 2.75) is 12.5 Å². The molecular formula is C16H16O4. The fraction of sp³-hybridized carbons (Fsp3) is 0.188. The number of rotatable bonds is 6. The third-order valence-corrected chi connectivity index (χ3v) is 2.86. The van der Waals surface area contributed by atoms with Crippen molar-refractivity contribution in [3.8, 4) is 11.5 Å². The highest BCUT2D eigenvalue weighted by molar-refractivity contribution is 5.73. The van der Waals surface area contributed by atoms with Crippen molar-refractivity contribution in [3.63, 3.8) is 0 Å². The van der Waals surface area contributed by atoms with Crippen LogP contribution in [0.15, 0.2) is 54.6 Å². The molecule has 0 spiro atoms. The van der Waals surface area contributed by atoms with Gasteiger partial charge in [-0.2, -0.15) is 0 Å². The van der Waals surface area contributed by atoms with Crippen LogP contribution in [0.25, 0.3) is 0 Å². The summed E-state index contributed by atoms with van der Waals surface area (Å²) in [5.74, 6) is 0.121. The van der Waals surface area contributed by atoms with Gasteiger partial charge in [-0.05, 0) is 17.7 Å². The summed E-state index contributed by atoms with van der Waals surface area (Å²) < 4.78 is 10.6. The van der Waals surface area contributed by atoms with Crippen molar-refractivity contribution in [2.24, 2.45) is 0 Å². The Balaban J connectivity index is 2.11. The number of hydrogen-bond acceptors (Lipinski definition) is 3. The molecule has 0 fully saturated rings. The van der Waals surface area contributed by atoms with E-state index in [1.165, 1.54) is 0 Å². The summed E-state index contributed by atoms with van der Waals surface area (Å²) in [6.45, 7) is 0. The SMILES string of the molecule is COc1cccc(OC(Cc2ccccc2)C(=O)O)c1. The largest absolute Gasteiger partial charge is 0.497 e. The topological polar surface area (TPSA) is 55.8 Å². The van der Waals surface area contributed by atoms with E-state index in [0.717, 1.165) is 5.56 Å². The fourth-order valence-corrected chi connectivity index (χ4v) is 1.85. The number of carboxylic acids is 1. The van der Waals surface area contributed by atoms with Gasteiger partial charge in [0.15, 0.2) is 6.10 Å². The van der Waals surface area contributed by atoms with Crippen LogP contribution >= 0.6 is 0 Å². The Bertz CT molecular complexity index is 566. The van der Waals surface area contributed by atoms with E-state index in [0.29, 0.717) is 17.9 Å². The van der Waals surface area contributed by atoms with Gasteiger partial charge in [-0.25, -0.2) is 4.79 Å². The minimum absolute atomic E-state index is 0.313. The van der Waals surface area contributed by atoms with Gasteiger partial charge >= 0.3 is 5.97 Å². The molecule has 0 aliphatic carbocycles. The Morgan fingerprint density at radius 2 is 1.80 bits per heavy atom. The monoisotopic (exact) mass is 272 g/mol. The van der Waals surface area contributed by atoms with Gasteiger partial charge in [0.25, 0.3) is 0 Å². The van der Waals surface area contributed by atoms with Crippen molar-refractivity contribution in [1.82, 2.24) is 0 Å². The molecule has 20 heavy (non-hydrogen) atoms. The van der Waals surface area contributed by atoms with Crippen LogP contribution in [0.3, 0.4) is 0 Å². The Morgan fingerprint density at radius 1 is 1.10 bits per heavy atom. The fourth-order valence-electron chi connectivity index (χ4n) is 1.85. The van der Waals surface area contributed by atoms with Crippen LogP contribution in [0.5, 0.6) is 11.5 Å². The number of benzene rings is 2. The zero-order valence-corrected chi connectivity index (χ0v) is 11.2. The van der Waals surface area contributed by atoms with E-state index in [9.17, 15) is 9.90 Å². The molecule has 0 aromatic heterocycles. The van der Waals surface area contributed by atoms with Gasteiger partial charge in [-0.15, -0.1) is 0 Å². The van der Waals surface area contributed by atoms with E-state index in [2.05, 4.69) is 0 Å². The van der Waals surface area contributed by atoms with E-state index in [-0.39, 0.29) is 0 Å². The number of ether oxygens (including phenoxy) is 2. The molecule has 0 radical (unpaired) electrons. The lowest BCUT2D eigenvalue weighted by atomic mass is 10.1. The molecule has 1 atom stereocenters. The smallest absolute Gasteiger partial charge is 0.345 e. The predicted molar refractivity (Wildman–Crippen MR) is 75.2 cm³/mol. The standard InChI is InChI=1S/C16H16O4/c1-19-13-8-5-9-14(11-13)20-15(16(17)18)10-12-6-3-2-4-7-12/h2-9,11,15H,10H2,1H3,(H,17,18). The van der Waals surface area contributed by atoms with Crippen molar-refractivity contribution < 1.29 is 19.4 Å². The van der Waals surface area contributed by atoms with Gasteiger partial charge in [0.05, 0.1) is 7.11 Å². The first kappa shape index (κ1) is 13.9. The minimum Gasteiger partial charge on any atom is -0.497 e. The average molecular weight is 272 g/mol. The van der Waals surface area contributed by atoms with Gasteiger partial charge in [-0.1, -0.05) is 36.4 Å². The second-order valence-corrected chi connectivity index (χ2v) is 4.31. The summed E-state index contributed by atoms with van der Waals surface area (Å²) in [5, 5.41) is 9.27. The first-order valence-corrected chi connectivity index (χ1v) is 6.26. The average Bonchev–Trinajstić information content (AvgIpc) is 2.48. The van der Waals surface area contributed by atoms with Crippen LogP contribution in [0.2, 0.25) is 0 Å². The Hall–Kier alpha value is -2.49. The maximum Gasteiger partial charge on any atom is 0.345 e. The molecule has 1 unspecified atom stereocenters. The summed E-state index contributed by atoms with van der Waals surface area (Å²) in [4.78, 5) is 11.3. The highest BCUT2D eigenvalue weighted by atomic mass is 16.5. The molecule has 0 amide bonds. The molecule has 0 aliphatic rings. The third kappa shape index (κ3) is 3.75. The highest BCUT2D eigenvalue weighted by Crippen LogP contribution is 2.21. The molecular weight excluding hydrogens is 256 g/mol. The van der Waals surface area contributed by atoms with E-state index >= 15 is 0 Å². The number of aliphatic carboxylic acids is 1. The third-order valence-electron chi connectivity index (χ3n) is 2.86. The van der Waals surface area contributed by atoms with Gasteiger partial charge < -0.3 is 14.6 Å². The summed E-state index contributed by atoms with van der Waals surface area (Å²) in [6, 6.07) is 16.3. The molecule has 2 rings (SSSR count). The molecule has 104 valence electrons. The lowest BCUT2D eigenvalue weighted by Crippen LogP contribution is -2.29. The molecule has 2 aromatic rings. The Labute approximate surface area is 117 Å². The van der Waals surface area contributed by atoms with Crippen molar-refractivity contribution in [1.29, 1.82) is 0 Å². The summed E-state index contributed by atoms with van der Waals surface area (Å²) in [6.07, 6.45) is -0.614. The summed E-state index contributed by atoms with van der Waals surface area (Å²) in [7, 11) is 1.55. The number of carboxylic acid groups (broad SMARTS) is 1.